The molecule has 1 amide bonds. The Morgan fingerprint density at radius 2 is 2.12 bits per heavy atom. The average molecular weight is 359 g/mol. The highest BCUT2D eigenvalue weighted by atomic mass is 32.1. The first kappa shape index (κ1) is 16.9. The fourth-order valence-corrected chi connectivity index (χ4v) is 3.20. The topological polar surface area (TPSA) is 59.2 Å². The second-order valence-corrected chi connectivity index (χ2v) is 7.19. The number of rotatable bonds is 5. The van der Waals surface area contributed by atoms with E-state index in [2.05, 4.69) is 14.7 Å². The first-order valence-electron chi connectivity index (χ1n) is 7.56. The largest absolute Gasteiger partial charge is 0.471 e. The number of halogens is 3. The molecule has 2 aromatic rings. The van der Waals surface area contributed by atoms with Gasteiger partial charge in [0.25, 0.3) is 0 Å². The summed E-state index contributed by atoms with van der Waals surface area (Å²) in [6.07, 6.45) is -2.79. The highest BCUT2D eigenvalue weighted by Gasteiger charge is 2.39. The molecule has 1 aliphatic carbocycles. The van der Waals surface area contributed by atoms with Gasteiger partial charge in [0.1, 0.15) is 0 Å². The van der Waals surface area contributed by atoms with Gasteiger partial charge in [0.2, 0.25) is 11.7 Å². The molecule has 9 heteroatoms. The van der Waals surface area contributed by atoms with Crippen LogP contribution in [0.2, 0.25) is 0 Å². The maximum Gasteiger partial charge on any atom is 0.471 e. The van der Waals surface area contributed by atoms with E-state index in [4.69, 9.17) is 0 Å². The van der Waals surface area contributed by atoms with E-state index >= 15 is 0 Å². The van der Waals surface area contributed by atoms with Crippen LogP contribution in [-0.2, 0) is 17.5 Å². The molecule has 0 aliphatic heterocycles. The number of alkyl halides is 3. The third kappa shape index (κ3) is 3.61. The van der Waals surface area contributed by atoms with Crippen molar-refractivity contribution in [3.8, 4) is 10.7 Å². The van der Waals surface area contributed by atoms with E-state index in [1.165, 1.54) is 11.3 Å². The second kappa shape index (κ2) is 6.19. The van der Waals surface area contributed by atoms with Crippen molar-refractivity contribution >= 4 is 17.2 Å². The van der Waals surface area contributed by atoms with Crippen LogP contribution in [-0.4, -0.2) is 27.0 Å². The minimum Gasteiger partial charge on any atom is -0.335 e. The smallest absolute Gasteiger partial charge is 0.335 e. The lowest BCUT2D eigenvalue weighted by atomic mass is 10.2. The molecule has 2 heterocycles. The molecule has 0 N–H and O–H groups in total. The number of aromatic nitrogens is 2. The van der Waals surface area contributed by atoms with Crippen molar-refractivity contribution in [3.05, 3.63) is 22.9 Å². The van der Waals surface area contributed by atoms with Gasteiger partial charge in [-0.15, -0.1) is 11.3 Å². The first-order chi connectivity index (χ1) is 11.3. The molecule has 0 atom stereocenters. The Bertz CT molecular complexity index is 734. The van der Waals surface area contributed by atoms with Gasteiger partial charge in [-0.05, 0) is 38.8 Å². The lowest BCUT2D eigenvalue weighted by Crippen LogP contribution is -2.37. The molecule has 24 heavy (non-hydrogen) atoms. The maximum absolute atomic E-state index is 12.5. The van der Waals surface area contributed by atoms with Crippen LogP contribution in [0, 0.1) is 5.92 Å². The number of amides is 1. The van der Waals surface area contributed by atoms with Crippen LogP contribution in [0.1, 0.15) is 37.5 Å². The first-order valence-corrected chi connectivity index (χ1v) is 8.38. The zero-order valence-electron chi connectivity index (χ0n) is 13.1. The second-order valence-electron chi connectivity index (χ2n) is 6.02. The maximum atomic E-state index is 12.5. The highest BCUT2D eigenvalue weighted by Crippen LogP contribution is 2.34. The number of hydrogen-bond donors (Lipinski definition) is 0. The third-order valence-corrected chi connectivity index (χ3v) is 4.78. The summed E-state index contributed by atoms with van der Waals surface area (Å²) in [6, 6.07) is 3.48. The van der Waals surface area contributed by atoms with E-state index in [0.717, 1.165) is 17.7 Å². The van der Waals surface area contributed by atoms with Crippen molar-refractivity contribution in [2.24, 2.45) is 5.92 Å². The summed E-state index contributed by atoms with van der Waals surface area (Å²) in [5.74, 6) is -1.19. The van der Waals surface area contributed by atoms with Gasteiger partial charge < -0.3 is 9.42 Å². The number of thiophene rings is 1. The molecule has 2 aromatic heterocycles. The fourth-order valence-electron chi connectivity index (χ4n) is 2.27. The normalized spacial score (nSPS) is 15.1. The number of hydrogen-bond acceptors (Lipinski definition) is 5. The Balaban J connectivity index is 1.75. The summed E-state index contributed by atoms with van der Waals surface area (Å²) in [5, 5.41) is 3.38. The molecule has 130 valence electrons. The van der Waals surface area contributed by atoms with E-state index in [9.17, 15) is 18.0 Å². The Labute approximate surface area is 140 Å². The molecule has 0 radical (unpaired) electrons. The van der Waals surface area contributed by atoms with Crippen LogP contribution < -0.4 is 0 Å². The summed E-state index contributed by atoms with van der Waals surface area (Å²) < 4.78 is 41.8. The van der Waals surface area contributed by atoms with Crippen molar-refractivity contribution in [1.29, 1.82) is 0 Å². The summed E-state index contributed by atoms with van der Waals surface area (Å²) in [6.45, 7) is 4.33. The predicted octanol–water partition coefficient (Wildman–Crippen LogP) is 3.96. The van der Waals surface area contributed by atoms with E-state index < -0.39 is 12.1 Å². The van der Waals surface area contributed by atoms with E-state index in [-0.39, 0.29) is 23.7 Å². The van der Waals surface area contributed by atoms with Gasteiger partial charge in [-0.3, -0.25) is 4.79 Å². The molecule has 0 spiro atoms. The number of carbonyl (C=O) groups is 1. The summed E-state index contributed by atoms with van der Waals surface area (Å²) in [7, 11) is 0. The molecule has 0 aromatic carbocycles. The summed E-state index contributed by atoms with van der Waals surface area (Å²) in [5.41, 5.74) is 0. The number of carbonyl (C=O) groups excluding carboxylic acids is 1. The Kier molecular flexibility index (Phi) is 4.37. The lowest BCUT2D eigenvalue weighted by molar-refractivity contribution is -0.159. The van der Waals surface area contributed by atoms with E-state index in [1.807, 2.05) is 13.8 Å². The van der Waals surface area contributed by atoms with Crippen molar-refractivity contribution in [3.63, 3.8) is 0 Å². The highest BCUT2D eigenvalue weighted by molar-refractivity contribution is 7.15. The molecule has 5 nitrogen and oxygen atoms in total. The third-order valence-electron chi connectivity index (χ3n) is 3.71. The minimum atomic E-state index is -4.66. The monoisotopic (exact) mass is 359 g/mol. The summed E-state index contributed by atoms with van der Waals surface area (Å²) in [4.78, 5) is 18.8. The quantitative estimate of drug-likeness (QED) is 0.811. The standard InChI is InChI=1S/C15H16F3N3O2S/c1-8(2)21(13(22)9-3-4-9)7-10-5-6-11(24-10)12-19-14(23-20-12)15(16,17)18/h5-6,8-9H,3-4,7H2,1-2H3. The lowest BCUT2D eigenvalue weighted by Gasteiger charge is -2.26. The van der Waals surface area contributed by atoms with E-state index in [0.29, 0.717) is 11.4 Å². The molecule has 0 saturated heterocycles. The number of nitrogens with zero attached hydrogens (tertiary/aromatic N) is 3. The van der Waals surface area contributed by atoms with Gasteiger partial charge in [-0.25, -0.2) is 0 Å². The molecule has 3 rings (SSSR count). The van der Waals surface area contributed by atoms with Crippen LogP contribution in [0.15, 0.2) is 16.7 Å². The van der Waals surface area contributed by atoms with Gasteiger partial charge in [-0.1, -0.05) is 5.16 Å². The average Bonchev–Trinajstić information content (AvgIpc) is 3.03. The van der Waals surface area contributed by atoms with Gasteiger partial charge in [-0.2, -0.15) is 18.2 Å². The predicted molar refractivity (Wildman–Crippen MR) is 81.0 cm³/mol. The van der Waals surface area contributed by atoms with Gasteiger partial charge in [0.15, 0.2) is 0 Å². The SMILES string of the molecule is CC(C)N(Cc1ccc(-c2noc(C(F)(F)F)n2)s1)C(=O)C1CC1. The minimum absolute atomic E-state index is 0.0608. The van der Waals surface area contributed by atoms with Gasteiger partial charge >= 0.3 is 12.1 Å². The van der Waals surface area contributed by atoms with Crippen LogP contribution in [0.5, 0.6) is 0 Å². The van der Waals surface area contributed by atoms with Crippen molar-refractivity contribution in [2.75, 3.05) is 0 Å². The van der Waals surface area contributed by atoms with E-state index in [1.54, 1.807) is 17.0 Å². The van der Waals surface area contributed by atoms with Gasteiger partial charge in [0.05, 0.1) is 11.4 Å². The molecule has 1 fully saturated rings. The zero-order chi connectivity index (χ0) is 17.5. The van der Waals surface area contributed by atoms with Crippen LogP contribution in [0.3, 0.4) is 0 Å². The van der Waals surface area contributed by atoms with Crippen LogP contribution in [0.4, 0.5) is 13.2 Å². The summed E-state index contributed by atoms with van der Waals surface area (Å²) >= 11 is 1.26. The van der Waals surface area contributed by atoms with Crippen LogP contribution >= 0.6 is 11.3 Å². The van der Waals surface area contributed by atoms with Crippen molar-refractivity contribution < 1.29 is 22.5 Å². The fraction of sp³-hybridized carbons (Fsp3) is 0.533. The molecular formula is C15H16F3N3O2S. The Hall–Kier alpha value is -1.90. The molecular weight excluding hydrogens is 343 g/mol. The molecule has 1 saturated carbocycles. The Morgan fingerprint density at radius 3 is 2.67 bits per heavy atom. The molecule has 0 bridgehead atoms. The molecule has 0 unspecified atom stereocenters. The molecule has 1 aliphatic rings. The van der Waals surface area contributed by atoms with Gasteiger partial charge in [0, 0.05) is 16.8 Å². The zero-order valence-corrected chi connectivity index (χ0v) is 13.9. The van der Waals surface area contributed by atoms with Crippen molar-refractivity contribution in [1.82, 2.24) is 15.0 Å². The Morgan fingerprint density at radius 1 is 1.42 bits per heavy atom. The van der Waals surface area contributed by atoms with Crippen molar-refractivity contribution in [2.45, 2.75) is 45.5 Å². The van der Waals surface area contributed by atoms with Crippen LogP contribution in [0.25, 0.3) is 10.7 Å².